The van der Waals surface area contributed by atoms with E-state index >= 15 is 0 Å². The first-order valence-corrected chi connectivity index (χ1v) is 6.38. The number of hydrogen-bond donors (Lipinski definition) is 0. The van der Waals surface area contributed by atoms with Crippen molar-refractivity contribution in [3.8, 4) is 0 Å². The van der Waals surface area contributed by atoms with E-state index < -0.39 is 0 Å². The fourth-order valence-corrected chi connectivity index (χ4v) is 2.22. The van der Waals surface area contributed by atoms with Crippen molar-refractivity contribution in [3.05, 3.63) is 12.3 Å². The van der Waals surface area contributed by atoms with Crippen molar-refractivity contribution in [1.29, 1.82) is 0 Å². The molecule has 0 N–H and O–H groups in total. The average molecular weight is 225 g/mol. The van der Waals surface area contributed by atoms with E-state index in [0.717, 1.165) is 12.8 Å². The fourth-order valence-electron chi connectivity index (χ4n) is 2.22. The van der Waals surface area contributed by atoms with Gasteiger partial charge in [0.15, 0.2) is 0 Å². The summed E-state index contributed by atoms with van der Waals surface area (Å²) in [6, 6.07) is 0.558. The van der Waals surface area contributed by atoms with Gasteiger partial charge in [-0.15, -0.1) is 0 Å². The van der Waals surface area contributed by atoms with Crippen LogP contribution in [0.5, 0.6) is 0 Å². The lowest BCUT2D eigenvalue weighted by Crippen LogP contribution is -2.44. The molecule has 2 nitrogen and oxygen atoms in total. The van der Waals surface area contributed by atoms with Crippen LogP contribution in [-0.2, 0) is 4.74 Å². The van der Waals surface area contributed by atoms with Gasteiger partial charge in [-0.25, -0.2) is 0 Å². The zero-order valence-electron chi connectivity index (χ0n) is 11.7. The molecule has 0 fully saturated rings. The fraction of sp³-hybridized carbons (Fsp3) is 0.857. The first kappa shape index (κ1) is 13.6. The van der Waals surface area contributed by atoms with Gasteiger partial charge in [0.05, 0.1) is 0 Å². The highest BCUT2D eigenvalue weighted by Crippen LogP contribution is 2.35. The molecule has 1 rings (SSSR count). The van der Waals surface area contributed by atoms with Crippen LogP contribution in [0.25, 0.3) is 0 Å². The summed E-state index contributed by atoms with van der Waals surface area (Å²) >= 11 is 0. The molecule has 2 heteroatoms. The molecule has 0 aromatic rings. The van der Waals surface area contributed by atoms with Crippen LogP contribution in [0.1, 0.15) is 47.5 Å². The quantitative estimate of drug-likeness (QED) is 0.727. The molecule has 1 aliphatic heterocycles. The van der Waals surface area contributed by atoms with Crippen molar-refractivity contribution >= 4 is 0 Å². The molecule has 0 aromatic carbocycles. The van der Waals surface area contributed by atoms with Gasteiger partial charge in [-0.2, -0.15) is 0 Å². The van der Waals surface area contributed by atoms with Crippen LogP contribution in [0, 0.1) is 11.3 Å². The predicted molar refractivity (Wildman–Crippen MR) is 69.1 cm³/mol. The summed E-state index contributed by atoms with van der Waals surface area (Å²) in [6.45, 7) is 11.4. The minimum absolute atomic E-state index is 0.240. The van der Waals surface area contributed by atoms with E-state index in [1.54, 1.807) is 0 Å². The smallest absolute Gasteiger partial charge is 0.130 e. The Balaban J connectivity index is 2.78. The topological polar surface area (TPSA) is 12.5 Å². The van der Waals surface area contributed by atoms with Crippen molar-refractivity contribution in [2.75, 3.05) is 7.11 Å². The number of hydrogen-bond acceptors (Lipinski definition) is 2. The van der Waals surface area contributed by atoms with E-state index in [9.17, 15) is 0 Å². The van der Waals surface area contributed by atoms with E-state index in [1.807, 2.05) is 7.11 Å². The van der Waals surface area contributed by atoms with E-state index in [0.29, 0.717) is 17.4 Å². The zero-order valence-corrected chi connectivity index (χ0v) is 11.7. The molecule has 3 atom stereocenters. The van der Waals surface area contributed by atoms with Crippen LogP contribution in [0.4, 0.5) is 0 Å². The zero-order chi connectivity index (χ0) is 12.3. The van der Waals surface area contributed by atoms with E-state index in [1.165, 1.54) is 0 Å². The lowest BCUT2D eigenvalue weighted by molar-refractivity contribution is -0.0521. The molecule has 3 unspecified atom stereocenters. The van der Waals surface area contributed by atoms with Gasteiger partial charge in [-0.05, 0) is 37.3 Å². The molecule has 0 spiro atoms. The Bertz CT molecular complexity index is 242. The molecular weight excluding hydrogens is 198 g/mol. The van der Waals surface area contributed by atoms with Crippen LogP contribution in [0.15, 0.2) is 12.3 Å². The van der Waals surface area contributed by atoms with Crippen molar-refractivity contribution in [2.45, 2.75) is 59.7 Å². The first-order valence-electron chi connectivity index (χ1n) is 6.38. The summed E-state index contributed by atoms with van der Waals surface area (Å²) < 4.78 is 5.63. The number of nitrogens with zero attached hydrogens (tertiary/aromatic N) is 1. The van der Waals surface area contributed by atoms with Gasteiger partial charge in [0.1, 0.15) is 6.23 Å². The minimum atomic E-state index is 0.240. The lowest BCUT2D eigenvalue weighted by atomic mass is 9.77. The molecule has 0 radical (unpaired) electrons. The highest BCUT2D eigenvalue weighted by atomic mass is 16.5. The Labute approximate surface area is 101 Å². The van der Waals surface area contributed by atoms with E-state index in [4.69, 9.17) is 4.74 Å². The van der Waals surface area contributed by atoms with Crippen molar-refractivity contribution in [3.63, 3.8) is 0 Å². The van der Waals surface area contributed by atoms with Gasteiger partial charge in [0.2, 0.25) is 0 Å². The van der Waals surface area contributed by atoms with E-state index in [-0.39, 0.29) is 6.23 Å². The van der Waals surface area contributed by atoms with Crippen molar-refractivity contribution in [1.82, 2.24) is 4.90 Å². The SMILES string of the molecule is CCC(C)N1C=CC(C(C)(C)C)CC1OC. The molecule has 0 bridgehead atoms. The Morgan fingerprint density at radius 3 is 2.50 bits per heavy atom. The Morgan fingerprint density at radius 2 is 2.06 bits per heavy atom. The number of methoxy groups -OCH3 is 1. The molecule has 94 valence electrons. The molecule has 0 saturated heterocycles. The molecule has 16 heavy (non-hydrogen) atoms. The summed E-state index contributed by atoms with van der Waals surface area (Å²) in [5.74, 6) is 0.609. The van der Waals surface area contributed by atoms with Crippen LogP contribution in [0.2, 0.25) is 0 Å². The average Bonchev–Trinajstić information content (AvgIpc) is 2.26. The number of ether oxygens (including phenoxy) is 1. The normalized spacial score (nSPS) is 28.2. The van der Waals surface area contributed by atoms with Gasteiger partial charge in [0.25, 0.3) is 0 Å². The van der Waals surface area contributed by atoms with Gasteiger partial charge < -0.3 is 9.64 Å². The predicted octanol–water partition coefficient (Wildman–Crippen LogP) is 3.64. The van der Waals surface area contributed by atoms with E-state index in [2.05, 4.69) is 51.8 Å². The highest BCUT2D eigenvalue weighted by molar-refractivity contribution is 5.01. The monoisotopic (exact) mass is 225 g/mol. The molecular formula is C14H27NO. The van der Waals surface area contributed by atoms with Crippen molar-refractivity contribution < 1.29 is 4.74 Å². The summed E-state index contributed by atoms with van der Waals surface area (Å²) in [5.41, 5.74) is 0.328. The first-order chi connectivity index (χ1) is 7.40. The largest absolute Gasteiger partial charge is 0.362 e. The molecule has 1 aliphatic rings. The number of rotatable bonds is 3. The second-order valence-electron chi connectivity index (χ2n) is 5.94. The Kier molecular flexibility index (Phi) is 4.43. The lowest BCUT2D eigenvalue weighted by Gasteiger charge is -2.42. The standard InChI is InChI=1S/C14H27NO/c1-7-11(2)15-9-8-12(14(3,4)5)10-13(15)16-6/h8-9,11-13H,7,10H2,1-6H3. The molecule has 0 aliphatic carbocycles. The second kappa shape index (κ2) is 5.22. The van der Waals surface area contributed by atoms with Crippen LogP contribution in [0.3, 0.4) is 0 Å². The van der Waals surface area contributed by atoms with Crippen LogP contribution >= 0.6 is 0 Å². The Morgan fingerprint density at radius 1 is 1.44 bits per heavy atom. The third-order valence-electron chi connectivity index (χ3n) is 3.76. The van der Waals surface area contributed by atoms with Crippen LogP contribution < -0.4 is 0 Å². The molecule has 1 heterocycles. The van der Waals surface area contributed by atoms with Gasteiger partial charge >= 0.3 is 0 Å². The molecule has 0 aromatic heterocycles. The third-order valence-corrected chi connectivity index (χ3v) is 3.76. The second-order valence-corrected chi connectivity index (χ2v) is 5.94. The maximum absolute atomic E-state index is 5.63. The van der Waals surface area contributed by atoms with Gasteiger partial charge in [-0.1, -0.05) is 33.8 Å². The Hall–Kier alpha value is -0.500. The maximum atomic E-state index is 5.63. The molecule has 0 saturated carbocycles. The summed E-state index contributed by atoms with van der Waals surface area (Å²) in [4.78, 5) is 2.35. The summed E-state index contributed by atoms with van der Waals surface area (Å²) in [5, 5.41) is 0. The summed E-state index contributed by atoms with van der Waals surface area (Å²) in [7, 11) is 1.82. The van der Waals surface area contributed by atoms with Gasteiger partial charge in [-0.3, -0.25) is 0 Å². The maximum Gasteiger partial charge on any atom is 0.130 e. The van der Waals surface area contributed by atoms with Crippen molar-refractivity contribution in [2.24, 2.45) is 11.3 Å². The molecule has 0 amide bonds. The highest BCUT2D eigenvalue weighted by Gasteiger charge is 2.32. The third kappa shape index (κ3) is 3.00. The summed E-state index contributed by atoms with van der Waals surface area (Å²) in [6.07, 6.45) is 7.08. The minimum Gasteiger partial charge on any atom is -0.362 e. The van der Waals surface area contributed by atoms with Gasteiger partial charge in [0, 0.05) is 13.2 Å². The number of allylic oxidation sites excluding steroid dienone is 1. The van der Waals surface area contributed by atoms with Crippen LogP contribution in [-0.4, -0.2) is 24.3 Å².